The zero-order valence-electron chi connectivity index (χ0n) is 19.2. The number of carbonyl (C=O) groups is 2. The van der Waals surface area contributed by atoms with E-state index in [4.69, 9.17) is 25.8 Å². The van der Waals surface area contributed by atoms with E-state index in [0.29, 0.717) is 53.0 Å². The Balaban J connectivity index is 2.20. The van der Waals surface area contributed by atoms with Gasteiger partial charge in [0.05, 0.1) is 37.5 Å². The number of rotatable bonds is 9. The summed E-state index contributed by atoms with van der Waals surface area (Å²) in [5.74, 6) is -0.317. The minimum atomic E-state index is -0.775. The van der Waals surface area contributed by atoms with Crippen molar-refractivity contribution >= 4 is 29.1 Å². The monoisotopic (exact) mass is 473 g/mol. The minimum Gasteiger partial charge on any atom is -0.507 e. The van der Waals surface area contributed by atoms with E-state index < -0.39 is 17.7 Å². The van der Waals surface area contributed by atoms with E-state index in [1.807, 2.05) is 13.8 Å². The average Bonchev–Trinajstić information content (AvgIpc) is 3.08. The average molecular weight is 474 g/mol. The number of benzene rings is 2. The molecule has 2 aromatic carbocycles. The van der Waals surface area contributed by atoms with Gasteiger partial charge >= 0.3 is 0 Å². The fourth-order valence-corrected chi connectivity index (χ4v) is 4.05. The van der Waals surface area contributed by atoms with Crippen molar-refractivity contribution in [3.63, 3.8) is 0 Å². The van der Waals surface area contributed by atoms with Crippen molar-refractivity contribution in [2.24, 2.45) is 0 Å². The summed E-state index contributed by atoms with van der Waals surface area (Å²) in [5, 5.41) is 11.6. The number of aliphatic hydroxyl groups excluding tert-OH is 1. The number of halogens is 1. The van der Waals surface area contributed by atoms with Gasteiger partial charge in [-0.15, -0.1) is 0 Å². The second kappa shape index (κ2) is 10.6. The van der Waals surface area contributed by atoms with Crippen molar-refractivity contribution in [1.29, 1.82) is 0 Å². The van der Waals surface area contributed by atoms with Crippen molar-refractivity contribution < 1.29 is 28.9 Å². The van der Waals surface area contributed by atoms with Gasteiger partial charge in [-0.1, -0.05) is 31.0 Å². The molecule has 1 atom stereocenters. The normalized spacial score (nSPS) is 17.4. The standard InChI is InChI=1S/C25H28ClNO6/c1-5-7-12-27-22(15-9-11-18(31-3)20(13-15)32-4)21(24(29)25(27)30)23(28)16-8-10-17(26)19(14-16)33-6-2/h8-11,13-14,22,28H,5-7,12H2,1-4H3/b23-21-. The zero-order chi connectivity index (χ0) is 24.1. The number of unbranched alkanes of at least 4 members (excludes halogenated alkanes) is 1. The number of carbonyl (C=O) groups excluding carboxylic acids is 2. The van der Waals surface area contributed by atoms with E-state index in [0.717, 1.165) is 6.42 Å². The molecule has 1 amide bonds. The molecule has 0 aromatic heterocycles. The molecule has 1 aliphatic heterocycles. The van der Waals surface area contributed by atoms with Crippen molar-refractivity contribution in [1.82, 2.24) is 4.90 Å². The quantitative estimate of drug-likeness (QED) is 0.314. The number of ketones is 1. The maximum atomic E-state index is 13.1. The number of aliphatic hydroxyl groups is 1. The largest absolute Gasteiger partial charge is 0.507 e. The zero-order valence-corrected chi connectivity index (χ0v) is 19.9. The van der Waals surface area contributed by atoms with Gasteiger partial charge in [-0.2, -0.15) is 0 Å². The number of likely N-dealkylation sites (tertiary alicyclic amines) is 1. The van der Waals surface area contributed by atoms with Gasteiger partial charge in [0.1, 0.15) is 11.5 Å². The fourth-order valence-electron chi connectivity index (χ4n) is 3.88. The molecule has 0 aliphatic carbocycles. The Morgan fingerprint density at radius 1 is 1.03 bits per heavy atom. The molecule has 1 aliphatic rings. The van der Waals surface area contributed by atoms with Gasteiger partial charge < -0.3 is 24.2 Å². The molecule has 0 saturated carbocycles. The molecule has 1 saturated heterocycles. The lowest BCUT2D eigenvalue weighted by molar-refractivity contribution is -0.139. The van der Waals surface area contributed by atoms with Crippen LogP contribution < -0.4 is 14.2 Å². The predicted octanol–water partition coefficient (Wildman–Crippen LogP) is 4.98. The first kappa shape index (κ1) is 24.5. The SMILES string of the molecule is CCCCN1C(=O)C(=O)/C(=C(\O)c2ccc(Cl)c(OCC)c2)C1c1ccc(OC)c(OC)c1. The van der Waals surface area contributed by atoms with Crippen LogP contribution in [0.4, 0.5) is 0 Å². The molecule has 0 radical (unpaired) electrons. The first-order chi connectivity index (χ1) is 15.9. The number of hydrogen-bond donors (Lipinski definition) is 1. The van der Waals surface area contributed by atoms with Gasteiger partial charge in [-0.05, 0) is 49.2 Å². The van der Waals surface area contributed by atoms with Crippen LogP contribution in [0.1, 0.15) is 43.9 Å². The summed E-state index contributed by atoms with van der Waals surface area (Å²) in [7, 11) is 3.04. The first-order valence-electron chi connectivity index (χ1n) is 10.8. The van der Waals surface area contributed by atoms with E-state index in [1.165, 1.54) is 19.1 Å². The lowest BCUT2D eigenvalue weighted by Gasteiger charge is -2.26. The summed E-state index contributed by atoms with van der Waals surface area (Å²) in [6.45, 7) is 4.59. The van der Waals surface area contributed by atoms with E-state index in [1.54, 1.807) is 36.4 Å². The van der Waals surface area contributed by atoms with Crippen LogP contribution in [0.15, 0.2) is 42.0 Å². The lowest BCUT2D eigenvalue weighted by atomic mass is 9.94. The van der Waals surface area contributed by atoms with Gasteiger partial charge in [-0.25, -0.2) is 0 Å². The Morgan fingerprint density at radius 2 is 1.76 bits per heavy atom. The van der Waals surface area contributed by atoms with E-state index in [2.05, 4.69) is 0 Å². The van der Waals surface area contributed by atoms with E-state index in [-0.39, 0.29) is 11.3 Å². The highest BCUT2D eigenvalue weighted by Crippen LogP contribution is 2.42. The Morgan fingerprint density at radius 3 is 2.39 bits per heavy atom. The van der Waals surface area contributed by atoms with Gasteiger partial charge in [0.15, 0.2) is 11.5 Å². The molecule has 2 aromatic rings. The number of hydrogen-bond acceptors (Lipinski definition) is 6. The highest BCUT2D eigenvalue weighted by molar-refractivity contribution is 6.46. The molecular weight excluding hydrogens is 446 g/mol. The van der Waals surface area contributed by atoms with Crippen LogP contribution in [0.5, 0.6) is 17.2 Å². The lowest BCUT2D eigenvalue weighted by Crippen LogP contribution is -2.30. The molecule has 8 heteroatoms. The highest BCUT2D eigenvalue weighted by atomic mass is 35.5. The van der Waals surface area contributed by atoms with Gasteiger partial charge in [0, 0.05) is 12.1 Å². The molecule has 0 spiro atoms. The Bertz CT molecular complexity index is 1080. The summed E-state index contributed by atoms with van der Waals surface area (Å²) >= 11 is 6.18. The maximum Gasteiger partial charge on any atom is 0.295 e. The van der Waals surface area contributed by atoms with Crippen LogP contribution in [0, 0.1) is 0 Å². The second-order valence-electron chi connectivity index (χ2n) is 7.54. The molecular formula is C25H28ClNO6. The van der Waals surface area contributed by atoms with Crippen molar-refractivity contribution in [2.75, 3.05) is 27.4 Å². The van der Waals surface area contributed by atoms with Crippen LogP contribution in [0.2, 0.25) is 5.02 Å². The Labute approximate surface area is 198 Å². The molecule has 0 bridgehead atoms. The van der Waals surface area contributed by atoms with Crippen LogP contribution in [0.3, 0.4) is 0 Å². The third-order valence-electron chi connectivity index (χ3n) is 5.52. The molecule has 1 N–H and O–H groups in total. The Hall–Kier alpha value is -3.19. The van der Waals surface area contributed by atoms with Crippen LogP contribution >= 0.6 is 11.6 Å². The summed E-state index contributed by atoms with van der Waals surface area (Å²) in [6, 6.07) is 9.15. The predicted molar refractivity (Wildman–Crippen MR) is 126 cm³/mol. The van der Waals surface area contributed by atoms with Gasteiger partial charge in [0.25, 0.3) is 11.7 Å². The molecule has 1 unspecified atom stereocenters. The molecule has 1 heterocycles. The highest BCUT2D eigenvalue weighted by Gasteiger charge is 2.46. The van der Waals surface area contributed by atoms with Gasteiger partial charge in [-0.3, -0.25) is 9.59 Å². The summed E-state index contributed by atoms with van der Waals surface area (Å²) in [5.41, 5.74) is 0.971. The minimum absolute atomic E-state index is 0.00749. The van der Waals surface area contributed by atoms with Crippen LogP contribution in [-0.4, -0.2) is 49.1 Å². The molecule has 3 rings (SSSR count). The van der Waals surface area contributed by atoms with E-state index in [9.17, 15) is 14.7 Å². The molecule has 7 nitrogen and oxygen atoms in total. The second-order valence-corrected chi connectivity index (χ2v) is 7.95. The number of nitrogens with zero attached hydrogens (tertiary/aromatic N) is 1. The van der Waals surface area contributed by atoms with Crippen LogP contribution in [0.25, 0.3) is 5.76 Å². The number of amides is 1. The number of Topliss-reactive ketones (excluding diaryl/α,β-unsaturated/α-hetero) is 1. The third-order valence-corrected chi connectivity index (χ3v) is 5.83. The first-order valence-corrected chi connectivity index (χ1v) is 11.2. The Kier molecular flexibility index (Phi) is 7.87. The third kappa shape index (κ3) is 4.78. The fraction of sp³-hybridized carbons (Fsp3) is 0.360. The molecule has 33 heavy (non-hydrogen) atoms. The maximum absolute atomic E-state index is 13.1. The summed E-state index contributed by atoms with van der Waals surface area (Å²) in [6.07, 6.45) is 1.56. The summed E-state index contributed by atoms with van der Waals surface area (Å²) in [4.78, 5) is 27.6. The van der Waals surface area contributed by atoms with Crippen molar-refractivity contribution in [3.8, 4) is 17.2 Å². The molecule has 1 fully saturated rings. The van der Waals surface area contributed by atoms with Crippen molar-refractivity contribution in [3.05, 3.63) is 58.1 Å². The topological polar surface area (TPSA) is 85.3 Å². The molecule has 176 valence electrons. The summed E-state index contributed by atoms with van der Waals surface area (Å²) < 4.78 is 16.3. The smallest absolute Gasteiger partial charge is 0.295 e. The van der Waals surface area contributed by atoms with E-state index >= 15 is 0 Å². The van der Waals surface area contributed by atoms with Crippen molar-refractivity contribution in [2.45, 2.75) is 32.7 Å². The van der Waals surface area contributed by atoms with Crippen LogP contribution in [-0.2, 0) is 9.59 Å². The number of ether oxygens (including phenoxy) is 3. The number of methoxy groups -OCH3 is 2. The van der Waals surface area contributed by atoms with Gasteiger partial charge in [0.2, 0.25) is 0 Å².